The number of para-hydroxylation sites is 1. The molecule has 7 heteroatoms. The van der Waals surface area contributed by atoms with E-state index in [0.717, 1.165) is 11.1 Å². The van der Waals surface area contributed by atoms with Crippen molar-refractivity contribution in [3.63, 3.8) is 0 Å². The molecule has 1 heterocycles. The first-order valence-electron chi connectivity index (χ1n) is 12.1. The second kappa shape index (κ2) is 10.3. The zero-order chi connectivity index (χ0) is 25.9. The van der Waals surface area contributed by atoms with Gasteiger partial charge in [-0.1, -0.05) is 54.6 Å². The summed E-state index contributed by atoms with van der Waals surface area (Å²) in [7, 11) is 0. The van der Waals surface area contributed by atoms with Crippen LogP contribution in [0.5, 0.6) is 11.5 Å². The highest BCUT2D eigenvalue weighted by molar-refractivity contribution is 5.96. The van der Waals surface area contributed by atoms with Crippen LogP contribution >= 0.6 is 0 Å². The van der Waals surface area contributed by atoms with Crippen molar-refractivity contribution in [2.75, 3.05) is 4.90 Å². The molecule has 6 nitrogen and oxygen atoms in total. The number of rotatable bonds is 7. The molecule has 2 amide bonds. The van der Waals surface area contributed by atoms with Crippen LogP contribution in [0.2, 0.25) is 0 Å². The molecule has 0 radical (unpaired) electrons. The Morgan fingerprint density at radius 3 is 2.30 bits per heavy atom. The molecule has 1 aliphatic rings. The van der Waals surface area contributed by atoms with Crippen LogP contribution in [0.1, 0.15) is 36.1 Å². The maximum Gasteiger partial charge on any atom is 0.322 e. The number of nitrogens with one attached hydrogen (secondary N) is 1. The molecule has 4 aromatic rings. The summed E-state index contributed by atoms with van der Waals surface area (Å²) < 4.78 is 13.3. The molecule has 1 aliphatic heterocycles. The number of hydrogen-bond donors (Lipinski definition) is 4. The summed E-state index contributed by atoms with van der Waals surface area (Å²) in [6, 6.07) is 25.7. The molecule has 0 spiro atoms. The van der Waals surface area contributed by atoms with Gasteiger partial charge < -0.3 is 20.6 Å². The van der Waals surface area contributed by atoms with Gasteiger partial charge in [-0.05, 0) is 72.0 Å². The van der Waals surface area contributed by atoms with Crippen molar-refractivity contribution in [2.45, 2.75) is 31.0 Å². The summed E-state index contributed by atoms with van der Waals surface area (Å²) >= 11 is 0. The van der Waals surface area contributed by atoms with E-state index in [2.05, 4.69) is 5.32 Å². The van der Waals surface area contributed by atoms with E-state index in [1.807, 2.05) is 42.5 Å². The molecule has 0 aromatic heterocycles. The topological polar surface area (TPSA) is 93.0 Å². The average Bonchev–Trinajstić information content (AvgIpc) is 3.23. The Morgan fingerprint density at radius 2 is 1.59 bits per heavy atom. The number of carbonyl (C=O) groups is 1. The van der Waals surface area contributed by atoms with Crippen LogP contribution in [0.15, 0.2) is 97.1 Å². The molecule has 1 unspecified atom stereocenters. The number of urea groups is 1. The number of phenols is 2. The van der Waals surface area contributed by atoms with Crippen molar-refractivity contribution in [3.8, 4) is 22.6 Å². The molecular weight excluding hydrogens is 471 g/mol. The number of hydrogen-bond acceptors (Lipinski definition) is 4. The molecule has 4 N–H and O–H groups in total. The minimum Gasteiger partial charge on any atom is -0.508 e. The molecule has 3 atom stereocenters. The highest BCUT2D eigenvalue weighted by Gasteiger charge is 2.42. The van der Waals surface area contributed by atoms with Crippen LogP contribution in [0, 0.1) is 5.82 Å². The Bertz CT molecular complexity index is 1390. The van der Waals surface area contributed by atoms with E-state index < -0.39 is 18.2 Å². The lowest BCUT2D eigenvalue weighted by molar-refractivity contribution is 0.159. The van der Waals surface area contributed by atoms with Crippen LogP contribution in [-0.4, -0.2) is 27.4 Å². The van der Waals surface area contributed by atoms with E-state index in [4.69, 9.17) is 0 Å². The zero-order valence-electron chi connectivity index (χ0n) is 20.0. The maximum atomic E-state index is 13.3. The predicted molar refractivity (Wildman–Crippen MR) is 140 cm³/mol. The number of amides is 2. The second-order valence-corrected chi connectivity index (χ2v) is 9.17. The van der Waals surface area contributed by atoms with Crippen molar-refractivity contribution in [1.29, 1.82) is 0 Å². The first kappa shape index (κ1) is 24.3. The SMILES string of the molecule is O=C1N[C@H](CCC(O)c2ccc(F)cc2)[C@@H](c2ccc(-c3cccc(O)c3)cc2O)N1c1ccccc1. The summed E-state index contributed by atoms with van der Waals surface area (Å²) in [4.78, 5) is 14.8. The summed E-state index contributed by atoms with van der Waals surface area (Å²) in [6.45, 7) is 0. The quantitative estimate of drug-likeness (QED) is 0.249. The number of anilines is 1. The molecule has 37 heavy (non-hydrogen) atoms. The Balaban J connectivity index is 1.46. The van der Waals surface area contributed by atoms with Gasteiger partial charge in [0.05, 0.1) is 18.2 Å². The third-order valence-electron chi connectivity index (χ3n) is 6.76. The Labute approximate surface area is 214 Å². The number of aromatic hydroxyl groups is 2. The fourth-order valence-electron chi connectivity index (χ4n) is 4.91. The predicted octanol–water partition coefficient (Wildman–Crippen LogP) is 6.06. The second-order valence-electron chi connectivity index (χ2n) is 9.17. The molecule has 0 saturated carbocycles. The molecule has 5 rings (SSSR count). The van der Waals surface area contributed by atoms with Gasteiger partial charge in [0.25, 0.3) is 0 Å². The number of aliphatic hydroxyl groups is 1. The highest BCUT2D eigenvalue weighted by Crippen LogP contribution is 2.41. The van der Waals surface area contributed by atoms with Crippen molar-refractivity contribution < 1.29 is 24.5 Å². The largest absolute Gasteiger partial charge is 0.508 e. The molecular formula is C30H27FN2O4. The van der Waals surface area contributed by atoms with Gasteiger partial charge in [-0.15, -0.1) is 0 Å². The third kappa shape index (κ3) is 5.13. The number of benzene rings is 4. The number of nitrogens with zero attached hydrogens (tertiary/aromatic N) is 1. The molecule has 0 bridgehead atoms. The number of aliphatic hydroxyl groups excluding tert-OH is 1. The Hall–Kier alpha value is -4.36. The maximum absolute atomic E-state index is 13.3. The van der Waals surface area contributed by atoms with Crippen molar-refractivity contribution >= 4 is 11.7 Å². The molecule has 0 aliphatic carbocycles. The number of halogens is 1. The van der Waals surface area contributed by atoms with E-state index >= 15 is 0 Å². The lowest BCUT2D eigenvalue weighted by Crippen LogP contribution is -2.29. The Kier molecular flexibility index (Phi) is 6.79. The van der Waals surface area contributed by atoms with Gasteiger partial charge in [-0.2, -0.15) is 0 Å². The van der Waals surface area contributed by atoms with Crippen molar-refractivity contribution in [2.24, 2.45) is 0 Å². The average molecular weight is 499 g/mol. The minimum atomic E-state index is -0.828. The van der Waals surface area contributed by atoms with Crippen molar-refractivity contribution in [1.82, 2.24) is 5.32 Å². The van der Waals surface area contributed by atoms with Crippen LogP contribution < -0.4 is 10.2 Å². The van der Waals surface area contributed by atoms with E-state index in [9.17, 15) is 24.5 Å². The summed E-state index contributed by atoms with van der Waals surface area (Å²) in [5, 5.41) is 34.7. The van der Waals surface area contributed by atoms with Gasteiger partial charge in [0.15, 0.2) is 0 Å². The van der Waals surface area contributed by atoms with Crippen LogP contribution in [0.3, 0.4) is 0 Å². The first-order valence-corrected chi connectivity index (χ1v) is 12.1. The van der Waals surface area contributed by atoms with Gasteiger partial charge in [0, 0.05) is 11.3 Å². The zero-order valence-corrected chi connectivity index (χ0v) is 20.0. The van der Waals surface area contributed by atoms with Crippen LogP contribution in [0.25, 0.3) is 11.1 Å². The molecule has 188 valence electrons. The summed E-state index contributed by atoms with van der Waals surface area (Å²) in [6.07, 6.45) is -0.0742. The lowest BCUT2D eigenvalue weighted by Gasteiger charge is -2.28. The van der Waals surface area contributed by atoms with Gasteiger partial charge in [-0.25, -0.2) is 9.18 Å². The van der Waals surface area contributed by atoms with Crippen LogP contribution in [0.4, 0.5) is 14.9 Å². The fraction of sp³-hybridized carbons (Fsp3) is 0.167. The standard InChI is InChI=1S/C30H27FN2O4/c31-22-12-9-19(10-13-22)27(35)16-15-26-29(33(30(37)32-26)23-6-2-1-3-7-23)25-14-11-21(18-28(25)36)20-5-4-8-24(34)17-20/h1-14,17-18,26-27,29,34-36H,15-16H2,(H,32,37)/t26-,27?,29-/m1/s1. The van der Waals surface area contributed by atoms with Gasteiger partial charge >= 0.3 is 6.03 Å². The van der Waals surface area contributed by atoms with E-state index in [1.165, 1.54) is 12.1 Å². The lowest BCUT2D eigenvalue weighted by atomic mass is 9.91. The molecule has 1 saturated heterocycles. The van der Waals surface area contributed by atoms with Crippen LogP contribution in [-0.2, 0) is 0 Å². The smallest absolute Gasteiger partial charge is 0.322 e. The highest BCUT2D eigenvalue weighted by atomic mass is 19.1. The number of phenolic OH excluding ortho intramolecular Hbond substituents is 2. The van der Waals surface area contributed by atoms with E-state index in [0.29, 0.717) is 29.7 Å². The third-order valence-corrected chi connectivity index (χ3v) is 6.76. The van der Waals surface area contributed by atoms with E-state index in [-0.39, 0.29) is 23.3 Å². The van der Waals surface area contributed by atoms with Gasteiger partial charge in [0.2, 0.25) is 0 Å². The first-order chi connectivity index (χ1) is 17.9. The molecule has 4 aromatic carbocycles. The van der Waals surface area contributed by atoms with Gasteiger partial charge in [0.1, 0.15) is 17.3 Å². The summed E-state index contributed by atoms with van der Waals surface area (Å²) in [5.41, 5.74) is 3.32. The van der Waals surface area contributed by atoms with Crippen molar-refractivity contribution in [3.05, 3.63) is 114 Å². The Morgan fingerprint density at radius 1 is 0.865 bits per heavy atom. The normalized spacial score (nSPS) is 18.0. The van der Waals surface area contributed by atoms with E-state index in [1.54, 1.807) is 47.4 Å². The monoisotopic (exact) mass is 498 g/mol. The number of carbonyl (C=O) groups excluding carboxylic acids is 1. The van der Waals surface area contributed by atoms with Gasteiger partial charge in [-0.3, -0.25) is 4.90 Å². The molecule has 1 fully saturated rings. The fourth-order valence-corrected chi connectivity index (χ4v) is 4.91. The summed E-state index contributed by atoms with van der Waals surface area (Å²) in [5.74, 6) is -0.226. The minimum absolute atomic E-state index is 0.0207.